The summed E-state index contributed by atoms with van der Waals surface area (Å²) in [6.45, 7) is 1.57. The predicted octanol–water partition coefficient (Wildman–Crippen LogP) is 0.804. The van der Waals surface area contributed by atoms with E-state index < -0.39 is 4.92 Å². The third-order valence-electron chi connectivity index (χ3n) is 2.68. The van der Waals surface area contributed by atoms with Gasteiger partial charge in [-0.15, -0.1) is 0 Å². The zero-order valence-corrected chi connectivity index (χ0v) is 9.85. The molecule has 0 atom stereocenters. The number of rotatable bonds is 7. The number of nitrogens with zero attached hydrogens (tertiary/aromatic N) is 1. The van der Waals surface area contributed by atoms with Crippen LogP contribution in [0.4, 0.5) is 5.88 Å². The van der Waals surface area contributed by atoms with Gasteiger partial charge in [0.2, 0.25) is 5.91 Å². The van der Waals surface area contributed by atoms with Gasteiger partial charge >= 0.3 is 5.88 Å². The maximum atomic E-state index is 11.3. The molecular formula is C11H15N3O4. The second-order valence-corrected chi connectivity index (χ2v) is 4.24. The van der Waals surface area contributed by atoms with Crippen LogP contribution < -0.4 is 10.6 Å². The van der Waals surface area contributed by atoms with Crippen LogP contribution in [0.1, 0.15) is 18.6 Å². The molecule has 0 aromatic carbocycles. The number of hydrogen-bond donors (Lipinski definition) is 2. The van der Waals surface area contributed by atoms with Gasteiger partial charge in [-0.05, 0) is 18.9 Å². The average Bonchev–Trinajstić information content (AvgIpc) is 3.08. The van der Waals surface area contributed by atoms with Crippen LogP contribution in [0.3, 0.4) is 0 Å². The number of hydrogen-bond acceptors (Lipinski definition) is 5. The standard InChI is InChI=1S/C11H15N3O4/c15-11(8-1-2-8)13-6-5-12-7-9-3-4-10(18-9)14(16)17/h3-4,8,12H,1-2,5-7H2,(H,13,15). The monoisotopic (exact) mass is 253 g/mol. The summed E-state index contributed by atoms with van der Waals surface area (Å²) in [7, 11) is 0. The number of amides is 1. The van der Waals surface area contributed by atoms with Gasteiger partial charge in [-0.1, -0.05) is 0 Å². The van der Waals surface area contributed by atoms with Gasteiger partial charge in [0.15, 0.2) is 0 Å². The molecule has 0 unspecified atom stereocenters. The van der Waals surface area contributed by atoms with Crippen LogP contribution in [-0.4, -0.2) is 23.9 Å². The van der Waals surface area contributed by atoms with Crippen molar-refractivity contribution >= 4 is 11.8 Å². The van der Waals surface area contributed by atoms with E-state index >= 15 is 0 Å². The van der Waals surface area contributed by atoms with Crippen molar-refractivity contribution in [1.29, 1.82) is 0 Å². The Kier molecular flexibility index (Phi) is 3.93. The minimum absolute atomic E-state index is 0.116. The SMILES string of the molecule is O=C(NCCNCc1ccc([N+](=O)[O-])o1)C1CC1. The average molecular weight is 253 g/mol. The van der Waals surface area contributed by atoms with Crippen molar-refractivity contribution in [2.24, 2.45) is 5.92 Å². The van der Waals surface area contributed by atoms with Crippen molar-refractivity contribution in [2.75, 3.05) is 13.1 Å². The lowest BCUT2D eigenvalue weighted by Gasteiger charge is -2.04. The zero-order chi connectivity index (χ0) is 13.0. The quantitative estimate of drug-likeness (QED) is 0.425. The van der Waals surface area contributed by atoms with Crippen LogP contribution in [0.2, 0.25) is 0 Å². The Morgan fingerprint density at radius 2 is 2.22 bits per heavy atom. The second-order valence-electron chi connectivity index (χ2n) is 4.24. The highest BCUT2D eigenvalue weighted by atomic mass is 16.6. The Morgan fingerprint density at radius 3 is 2.83 bits per heavy atom. The number of nitrogens with one attached hydrogen (secondary N) is 2. The van der Waals surface area contributed by atoms with Gasteiger partial charge in [0.1, 0.15) is 10.7 Å². The molecular weight excluding hydrogens is 238 g/mol. The smallest absolute Gasteiger partial charge is 0.404 e. The largest absolute Gasteiger partial charge is 0.433 e. The van der Waals surface area contributed by atoms with Crippen LogP contribution >= 0.6 is 0 Å². The molecule has 0 saturated heterocycles. The van der Waals surface area contributed by atoms with Crippen molar-refractivity contribution in [1.82, 2.24) is 10.6 Å². The van der Waals surface area contributed by atoms with Gasteiger partial charge < -0.3 is 15.1 Å². The Balaban J connectivity index is 1.59. The summed E-state index contributed by atoms with van der Waals surface area (Å²) in [5.74, 6) is 0.590. The molecule has 0 aliphatic heterocycles. The third-order valence-corrected chi connectivity index (χ3v) is 2.68. The number of nitro groups is 1. The molecule has 0 spiro atoms. The Bertz CT molecular complexity index is 439. The summed E-state index contributed by atoms with van der Waals surface area (Å²) in [6.07, 6.45) is 1.99. The van der Waals surface area contributed by atoms with E-state index in [1.54, 1.807) is 6.07 Å². The Hall–Kier alpha value is -1.89. The van der Waals surface area contributed by atoms with Crippen LogP contribution in [0.25, 0.3) is 0 Å². The number of carbonyl (C=O) groups excluding carboxylic acids is 1. The van der Waals surface area contributed by atoms with Crippen molar-refractivity contribution in [3.63, 3.8) is 0 Å². The molecule has 98 valence electrons. The lowest BCUT2D eigenvalue weighted by atomic mass is 10.4. The maximum Gasteiger partial charge on any atom is 0.433 e. The van der Waals surface area contributed by atoms with E-state index in [1.165, 1.54) is 6.07 Å². The van der Waals surface area contributed by atoms with Crippen LogP contribution in [0.5, 0.6) is 0 Å². The topological polar surface area (TPSA) is 97.4 Å². The number of carbonyl (C=O) groups is 1. The molecule has 1 aliphatic rings. The highest BCUT2D eigenvalue weighted by Gasteiger charge is 2.28. The maximum absolute atomic E-state index is 11.3. The molecule has 1 saturated carbocycles. The first-order valence-electron chi connectivity index (χ1n) is 5.88. The molecule has 1 aromatic rings. The summed E-state index contributed by atoms with van der Waals surface area (Å²) in [4.78, 5) is 21.1. The summed E-state index contributed by atoms with van der Waals surface area (Å²) < 4.78 is 4.97. The van der Waals surface area contributed by atoms with Crippen molar-refractivity contribution in [3.05, 3.63) is 28.0 Å². The van der Waals surface area contributed by atoms with E-state index in [2.05, 4.69) is 10.6 Å². The van der Waals surface area contributed by atoms with E-state index in [4.69, 9.17) is 4.42 Å². The summed E-state index contributed by atoms with van der Waals surface area (Å²) in [5.41, 5.74) is 0. The van der Waals surface area contributed by atoms with Gasteiger partial charge in [0.25, 0.3) is 0 Å². The first-order valence-corrected chi connectivity index (χ1v) is 5.88. The predicted molar refractivity (Wildman–Crippen MR) is 62.8 cm³/mol. The summed E-state index contributed by atoms with van der Waals surface area (Å²) >= 11 is 0. The molecule has 1 heterocycles. The summed E-state index contributed by atoms with van der Waals surface area (Å²) in [6, 6.07) is 2.89. The molecule has 18 heavy (non-hydrogen) atoms. The Morgan fingerprint density at radius 1 is 1.44 bits per heavy atom. The van der Waals surface area contributed by atoms with Gasteiger partial charge in [0.05, 0.1) is 12.6 Å². The third kappa shape index (κ3) is 3.56. The van der Waals surface area contributed by atoms with Gasteiger partial charge in [-0.3, -0.25) is 14.9 Å². The molecule has 7 heteroatoms. The molecule has 7 nitrogen and oxygen atoms in total. The minimum atomic E-state index is -0.570. The molecule has 2 rings (SSSR count). The lowest BCUT2D eigenvalue weighted by molar-refractivity contribution is -0.402. The summed E-state index contributed by atoms with van der Waals surface area (Å²) in [5, 5.41) is 16.2. The molecule has 0 radical (unpaired) electrons. The number of furan rings is 1. The Labute approximate surface area is 104 Å². The molecule has 1 fully saturated rings. The van der Waals surface area contributed by atoms with Crippen molar-refractivity contribution in [3.8, 4) is 0 Å². The fourth-order valence-corrected chi connectivity index (χ4v) is 1.54. The fourth-order valence-electron chi connectivity index (χ4n) is 1.54. The van der Waals surface area contributed by atoms with Gasteiger partial charge in [-0.2, -0.15) is 0 Å². The van der Waals surface area contributed by atoms with Crippen LogP contribution in [0.15, 0.2) is 16.5 Å². The van der Waals surface area contributed by atoms with E-state index in [0.29, 0.717) is 25.4 Å². The normalized spacial score (nSPS) is 14.4. The van der Waals surface area contributed by atoms with E-state index in [1.807, 2.05) is 0 Å². The molecule has 1 aliphatic carbocycles. The van der Waals surface area contributed by atoms with Crippen molar-refractivity contribution < 1.29 is 14.1 Å². The van der Waals surface area contributed by atoms with Gasteiger partial charge in [-0.25, -0.2) is 0 Å². The zero-order valence-electron chi connectivity index (χ0n) is 9.85. The fraction of sp³-hybridized carbons (Fsp3) is 0.545. The van der Waals surface area contributed by atoms with E-state index in [-0.39, 0.29) is 17.7 Å². The first kappa shape index (κ1) is 12.6. The van der Waals surface area contributed by atoms with E-state index in [9.17, 15) is 14.9 Å². The lowest BCUT2D eigenvalue weighted by Crippen LogP contribution is -2.32. The molecule has 2 N–H and O–H groups in total. The molecule has 1 aromatic heterocycles. The second kappa shape index (κ2) is 5.63. The minimum Gasteiger partial charge on any atom is -0.404 e. The van der Waals surface area contributed by atoms with Crippen LogP contribution in [-0.2, 0) is 11.3 Å². The highest BCUT2D eigenvalue weighted by molar-refractivity contribution is 5.80. The molecule has 1 amide bonds. The molecule has 0 bridgehead atoms. The first-order chi connectivity index (χ1) is 8.66. The highest BCUT2D eigenvalue weighted by Crippen LogP contribution is 2.28. The van der Waals surface area contributed by atoms with E-state index in [0.717, 1.165) is 12.8 Å². The van der Waals surface area contributed by atoms with Crippen molar-refractivity contribution in [2.45, 2.75) is 19.4 Å². The van der Waals surface area contributed by atoms with Crippen LogP contribution in [0, 0.1) is 16.0 Å². The van der Waals surface area contributed by atoms with Gasteiger partial charge in [0, 0.05) is 19.0 Å².